The molecule has 25 heavy (non-hydrogen) atoms. The predicted molar refractivity (Wildman–Crippen MR) is 97.6 cm³/mol. The molecule has 1 aliphatic heterocycles. The van der Waals surface area contributed by atoms with E-state index in [1.807, 2.05) is 29.6 Å². The van der Waals surface area contributed by atoms with Crippen LogP contribution < -0.4 is 10.1 Å². The fourth-order valence-electron chi connectivity index (χ4n) is 2.82. The van der Waals surface area contributed by atoms with Crippen molar-refractivity contribution in [1.29, 1.82) is 0 Å². The number of ether oxygens (including phenoxy) is 1. The summed E-state index contributed by atoms with van der Waals surface area (Å²) in [6, 6.07) is 7.43. The maximum absolute atomic E-state index is 12.0. The van der Waals surface area contributed by atoms with Crippen LogP contribution in [0.3, 0.4) is 0 Å². The van der Waals surface area contributed by atoms with Crippen molar-refractivity contribution in [3.8, 4) is 16.3 Å². The van der Waals surface area contributed by atoms with Gasteiger partial charge in [-0.1, -0.05) is 12.1 Å². The average molecular weight is 380 g/mol. The van der Waals surface area contributed by atoms with Crippen LogP contribution >= 0.6 is 11.3 Å². The monoisotopic (exact) mass is 380 g/mol. The van der Waals surface area contributed by atoms with E-state index < -0.39 is 9.84 Å². The van der Waals surface area contributed by atoms with E-state index in [4.69, 9.17) is 4.74 Å². The zero-order valence-electron chi connectivity index (χ0n) is 13.9. The summed E-state index contributed by atoms with van der Waals surface area (Å²) in [6.07, 6.45) is 1.32. The Hall–Kier alpha value is -1.93. The van der Waals surface area contributed by atoms with Crippen LogP contribution in [0.1, 0.15) is 18.5 Å². The van der Waals surface area contributed by atoms with Crippen LogP contribution in [-0.4, -0.2) is 44.0 Å². The van der Waals surface area contributed by atoms with E-state index in [2.05, 4.69) is 10.3 Å². The molecule has 6 nitrogen and oxygen atoms in total. The van der Waals surface area contributed by atoms with Gasteiger partial charge in [0.05, 0.1) is 29.9 Å². The Morgan fingerprint density at radius 1 is 1.40 bits per heavy atom. The number of aryl methyl sites for hydroxylation is 1. The average Bonchev–Trinajstić information content (AvgIpc) is 3.19. The Balaban J connectivity index is 1.56. The van der Waals surface area contributed by atoms with Gasteiger partial charge in [0, 0.05) is 17.8 Å². The number of hydrogen-bond acceptors (Lipinski definition) is 6. The minimum atomic E-state index is -2.98. The van der Waals surface area contributed by atoms with Gasteiger partial charge < -0.3 is 10.1 Å². The van der Waals surface area contributed by atoms with Crippen LogP contribution in [0.25, 0.3) is 10.6 Å². The number of hydrogen-bond donors (Lipinski definition) is 1. The van der Waals surface area contributed by atoms with Crippen LogP contribution in [0.15, 0.2) is 29.6 Å². The maximum Gasteiger partial charge on any atom is 0.220 e. The Morgan fingerprint density at radius 3 is 2.92 bits per heavy atom. The molecule has 1 aliphatic rings. The summed E-state index contributed by atoms with van der Waals surface area (Å²) < 4.78 is 28.2. The third-order valence-electron chi connectivity index (χ3n) is 4.09. The van der Waals surface area contributed by atoms with Crippen molar-refractivity contribution in [3.63, 3.8) is 0 Å². The normalized spacial score (nSPS) is 18.8. The van der Waals surface area contributed by atoms with Gasteiger partial charge in [0.2, 0.25) is 5.91 Å². The zero-order valence-corrected chi connectivity index (χ0v) is 15.5. The Kier molecular flexibility index (Phi) is 5.39. The van der Waals surface area contributed by atoms with Gasteiger partial charge >= 0.3 is 0 Å². The maximum atomic E-state index is 12.0. The topological polar surface area (TPSA) is 85.4 Å². The lowest BCUT2D eigenvalue weighted by atomic mass is 10.2. The molecule has 1 saturated heterocycles. The number of carbonyl (C=O) groups is 1. The van der Waals surface area contributed by atoms with E-state index in [9.17, 15) is 13.2 Å². The first-order valence-corrected chi connectivity index (χ1v) is 10.7. The summed E-state index contributed by atoms with van der Waals surface area (Å²) in [7, 11) is -1.35. The standard InChI is InChI=1S/C17H20N2O4S2/c1-23-15-5-3-2-4-14(15)17-19-12(10-24-17)6-7-16(20)18-13-8-9-25(21,22)11-13/h2-5,10,13H,6-9,11H2,1H3,(H,18,20). The molecule has 1 amide bonds. The van der Waals surface area contributed by atoms with Crippen molar-refractivity contribution < 1.29 is 17.9 Å². The van der Waals surface area contributed by atoms with Gasteiger partial charge in [-0.05, 0) is 25.0 Å². The van der Waals surface area contributed by atoms with E-state index >= 15 is 0 Å². The first-order chi connectivity index (χ1) is 12.0. The number of carbonyl (C=O) groups excluding carboxylic acids is 1. The van der Waals surface area contributed by atoms with Gasteiger partial charge in [-0.25, -0.2) is 13.4 Å². The van der Waals surface area contributed by atoms with E-state index in [0.717, 1.165) is 22.0 Å². The Morgan fingerprint density at radius 2 is 2.20 bits per heavy atom. The number of thiazole rings is 1. The molecule has 8 heteroatoms. The molecule has 1 atom stereocenters. The lowest BCUT2D eigenvalue weighted by Gasteiger charge is -2.10. The number of aromatic nitrogens is 1. The van der Waals surface area contributed by atoms with Crippen LogP contribution in [0, 0.1) is 0 Å². The number of nitrogens with one attached hydrogen (secondary N) is 1. The summed E-state index contributed by atoms with van der Waals surface area (Å²) in [5, 5.41) is 5.59. The van der Waals surface area contributed by atoms with E-state index in [0.29, 0.717) is 19.3 Å². The van der Waals surface area contributed by atoms with Crippen LogP contribution in [0.2, 0.25) is 0 Å². The van der Waals surface area contributed by atoms with Crippen molar-refractivity contribution in [2.45, 2.75) is 25.3 Å². The molecule has 1 fully saturated rings. The molecule has 0 spiro atoms. The number of para-hydroxylation sites is 1. The van der Waals surface area contributed by atoms with Crippen LogP contribution in [0.4, 0.5) is 0 Å². The fourth-order valence-corrected chi connectivity index (χ4v) is 5.37. The summed E-state index contributed by atoms with van der Waals surface area (Å²) in [4.78, 5) is 16.6. The second-order valence-electron chi connectivity index (χ2n) is 6.01. The molecule has 0 bridgehead atoms. The number of nitrogens with zero attached hydrogens (tertiary/aromatic N) is 1. The van der Waals surface area contributed by atoms with Crippen LogP contribution in [0.5, 0.6) is 5.75 Å². The second-order valence-corrected chi connectivity index (χ2v) is 9.10. The van der Waals surface area contributed by atoms with Gasteiger partial charge in [0.15, 0.2) is 9.84 Å². The molecular weight excluding hydrogens is 360 g/mol. The van der Waals surface area contributed by atoms with Crippen molar-refractivity contribution in [2.24, 2.45) is 0 Å². The molecule has 2 heterocycles. The first-order valence-electron chi connectivity index (χ1n) is 8.04. The molecule has 1 unspecified atom stereocenters. The highest BCUT2D eigenvalue weighted by molar-refractivity contribution is 7.91. The summed E-state index contributed by atoms with van der Waals surface area (Å²) >= 11 is 1.51. The fraction of sp³-hybridized carbons (Fsp3) is 0.412. The molecule has 3 rings (SSSR count). The third-order valence-corrected chi connectivity index (χ3v) is 6.79. The smallest absolute Gasteiger partial charge is 0.220 e. The highest BCUT2D eigenvalue weighted by atomic mass is 32.2. The molecule has 0 aliphatic carbocycles. The first kappa shape index (κ1) is 17.9. The largest absolute Gasteiger partial charge is 0.496 e. The van der Waals surface area contributed by atoms with E-state index in [1.165, 1.54) is 11.3 Å². The number of sulfone groups is 1. The zero-order chi connectivity index (χ0) is 17.9. The van der Waals surface area contributed by atoms with Crippen molar-refractivity contribution in [1.82, 2.24) is 10.3 Å². The number of methoxy groups -OCH3 is 1. The second kappa shape index (κ2) is 7.53. The van der Waals surface area contributed by atoms with Gasteiger partial charge in [-0.2, -0.15) is 0 Å². The molecule has 1 aromatic carbocycles. The van der Waals surface area contributed by atoms with Gasteiger partial charge in [0.1, 0.15) is 10.8 Å². The number of benzene rings is 1. The van der Waals surface area contributed by atoms with Crippen molar-refractivity contribution >= 4 is 27.1 Å². The minimum Gasteiger partial charge on any atom is -0.496 e. The number of rotatable bonds is 6. The van der Waals surface area contributed by atoms with Gasteiger partial charge in [-0.15, -0.1) is 11.3 Å². The number of amides is 1. The van der Waals surface area contributed by atoms with Gasteiger partial charge in [-0.3, -0.25) is 4.79 Å². The third kappa shape index (κ3) is 4.58. The summed E-state index contributed by atoms with van der Waals surface area (Å²) in [6.45, 7) is 0. The van der Waals surface area contributed by atoms with Gasteiger partial charge in [0.25, 0.3) is 0 Å². The molecule has 0 saturated carbocycles. The van der Waals surface area contributed by atoms with Crippen molar-refractivity contribution in [3.05, 3.63) is 35.3 Å². The molecule has 1 N–H and O–H groups in total. The van der Waals surface area contributed by atoms with Crippen molar-refractivity contribution in [2.75, 3.05) is 18.6 Å². The lowest BCUT2D eigenvalue weighted by molar-refractivity contribution is -0.121. The summed E-state index contributed by atoms with van der Waals surface area (Å²) in [5.74, 6) is 0.845. The minimum absolute atomic E-state index is 0.0490. The Bertz CT molecular complexity index is 861. The lowest BCUT2D eigenvalue weighted by Crippen LogP contribution is -2.35. The SMILES string of the molecule is COc1ccccc1-c1nc(CCC(=O)NC2CCS(=O)(=O)C2)cs1. The predicted octanol–water partition coefficient (Wildman–Crippen LogP) is 2.05. The van der Waals surface area contributed by atoms with Crippen LogP contribution in [-0.2, 0) is 21.1 Å². The molecule has 0 radical (unpaired) electrons. The molecule has 134 valence electrons. The van der Waals surface area contributed by atoms with E-state index in [-0.39, 0.29) is 23.5 Å². The highest BCUT2D eigenvalue weighted by Crippen LogP contribution is 2.32. The quantitative estimate of drug-likeness (QED) is 0.829. The molecule has 2 aromatic rings. The Labute approximate surface area is 151 Å². The molecule has 1 aromatic heterocycles. The molecular formula is C17H20N2O4S2. The van der Waals surface area contributed by atoms with E-state index in [1.54, 1.807) is 7.11 Å². The highest BCUT2D eigenvalue weighted by Gasteiger charge is 2.28. The summed E-state index contributed by atoms with van der Waals surface area (Å²) in [5.41, 5.74) is 1.78.